The van der Waals surface area contributed by atoms with Gasteiger partial charge >= 0.3 is 0 Å². The largest absolute Gasteiger partial charge is 0.356 e. The van der Waals surface area contributed by atoms with Crippen LogP contribution < -0.4 is 11.1 Å². The minimum absolute atomic E-state index is 0.107. The third-order valence-electron chi connectivity index (χ3n) is 5.42. The third-order valence-corrected chi connectivity index (χ3v) is 5.42. The molecule has 21 heavy (non-hydrogen) atoms. The van der Waals surface area contributed by atoms with E-state index in [1.54, 1.807) is 0 Å². The highest BCUT2D eigenvalue weighted by Crippen LogP contribution is 2.32. The molecule has 1 aliphatic carbocycles. The molecule has 0 radical (unpaired) electrons. The van der Waals surface area contributed by atoms with Crippen LogP contribution in [0.3, 0.4) is 0 Å². The number of hydrogen-bond donors (Lipinski definition) is 2. The lowest BCUT2D eigenvalue weighted by atomic mass is 9.72. The molecule has 0 bridgehead atoms. The van der Waals surface area contributed by atoms with Gasteiger partial charge in [0, 0.05) is 25.0 Å². The van der Waals surface area contributed by atoms with Crippen LogP contribution in [-0.2, 0) is 4.79 Å². The van der Waals surface area contributed by atoms with Crippen LogP contribution in [0.1, 0.15) is 46.5 Å². The Labute approximate surface area is 129 Å². The van der Waals surface area contributed by atoms with E-state index in [9.17, 15) is 4.79 Å². The van der Waals surface area contributed by atoms with Gasteiger partial charge in [0.15, 0.2) is 0 Å². The number of amides is 1. The summed E-state index contributed by atoms with van der Waals surface area (Å²) in [7, 11) is 0. The third kappa shape index (κ3) is 4.68. The SMILES string of the molecule is CC(CNC(=O)C1CC(N)C(C)CC1C)CN1CCCC1. The lowest BCUT2D eigenvalue weighted by molar-refractivity contribution is -0.128. The van der Waals surface area contributed by atoms with E-state index in [0.29, 0.717) is 17.8 Å². The van der Waals surface area contributed by atoms with E-state index in [4.69, 9.17) is 5.73 Å². The molecule has 3 N–H and O–H groups in total. The maximum Gasteiger partial charge on any atom is 0.223 e. The molecule has 0 aromatic heterocycles. The summed E-state index contributed by atoms with van der Waals surface area (Å²) in [6.07, 6.45) is 4.57. The first-order valence-corrected chi connectivity index (χ1v) is 8.73. The molecular weight excluding hydrogens is 262 g/mol. The van der Waals surface area contributed by atoms with Crippen molar-refractivity contribution in [3.63, 3.8) is 0 Å². The molecule has 1 aliphatic heterocycles. The topological polar surface area (TPSA) is 58.4 Å². The summed E-state index contributed by atoms with van der Waals surface area (Å²) >= 11 is 0. The predicted molar refractivity (Wildman–Crippen MR) is 86.9 cm³/mol. The van der Waals surface area contributed by atoms with Gasteiger partial charge in [-0.1, -0.05) is 20.8 Å². The van der Waals surface area contributed by atoms with Crippen molar-refractivity contribution in [3.8, 4) is 0 Å². The lowest BCUT2D eigenvalue weighted by Gasteiger charge is -2.36. The maximum absolute atomic E-state index is 12.4. The van der Waals surface area contributed by atoms with E-state index in [2.05, 4.69) is 31.0 Å². The number of nitrogens with zero attached hydrogens (tertiary/aromatic N) is 1. The monoisotopic (exact) mass is 295 g/mol. The second-order valence-electron chi connectivity index (χ2n) is 7.55. The molecule has 4 nitrogen and oxygen atoms in total. The summed E-state index contributed by atoms with van der Waals surface area (Å²) in [5.74, 6) is 1.85. The molecule has 4 heteroatoms. The van der Waals surface area contributed by atoms with Crippen LogP contribution in [0.5, 0.6) is 0 Å². The van der Waals surface area contributed by atoms with Crippen molar-refractivity contribution in [3.05, 3.63) is 0 Å². The fourth-order valence-electron chi connectivity index (χ4n) is 3.93. The Bertz CT molecular complexity index is 341. The van der Waals surface area contributed by atoms with Crippen LogP contribution in [0.2, 0.25) is 0 Å². The van der Waals surface area contributed by atoms with Crippen molar-refractivity contribution in [2.45, 2.75) is 52.5 Å². The Kier molecular flexibility index (Phi) is 6.06. The van der Waals surface area contributed by atoms with Crippen molar-refractivity contribution in [2.75, 3.05) is 26.2 Å². The first kappa shape index (κ1) is 16.8. The number of rotatable bonds is 5. The molecule has 1 saturated heterocycles. The van der Waals surface area contributed by atoms with Crippen LogP contribution in [0.15, 0.2) is 0 Å². The van der Waals surface area contributed by atoms with E-state index >= 15 is 0 Å². The molecule has 1 heterocycles. The molecule has 0 aromatic rings. The Morgan fingerprint density at radius 1 is 1.24 bits per heavy atom. The predicted octanol–water partition coefficient (Wildman–Crippen LogP) is 1.84. The summed E-state index contributed by atoms with van der Waals surface area (Å²) in [4.78, 5) is 14.9. The van der Waals surface area contributed by atoms with Gasteiger partial charge in [-0.05, 0) is 56.5 Å². The molecule has 2 fully saturated rings. The number of nitrogens with two attached hydrogens (primary N) is 1. The first-order chi connectivity index (χ1) is 9.97. The summed E-state index contributed by atoms with van der Waals surface area (Å²) in [6, 6.07) is 0.180. The lowest BCUT2D eigenvalue weighted by Crippen LogP contribution is -2.46. The van der Waals surface area contributed by atoms with Crippen LogP contribution in [0.4, 0.5) is 0 Å². The van der Waals surface area contributed by atoms with Gasteiger partial charge < -0.3 is 16.0 Å². The summed E-state index contributed by atoms with van der Waals surface area (Å²) < 4.78 is 0. The van der Waals surface area contributed by atoms with E-state index in [0.717, 1.165) is 25.9 Å². The number of hydrogen-bond acceptors (Lipinski definition) is 3. The highest BCUT2D eigenvalue weighted by Gasteiger charge is 2.34. The average molecular weight is 295 g/mol. The first-order valence-electron chi connectivity index (χ1n) is 8.73. The van der Waals surface area contributed by atoms with Crippen molar-refractivity contribution in [2.24, 2.45) is 29.4 Å². The maximum atomic E-state index is 12.4. The molecule has 5 unspecified atom stereocenters. The smallest absolute Gasteiger partial charge is 0.223 e. The Morgan fingerprint density at radius 3 is 2.57 bits per heavy atom. The second kappa shape index (κ2) is 7.59. The zero-order chi connectivity index (χ0) is 15.4. The molecule has 2 rings (SSSR count). The minimum Gasteiger partial charge on any atom is -0.356 e. The number of nitrogens with one attached hydrogen (secondary N) is 1. The Balaban J connectivity index is 1.73. The summed E-state index contributed by atoms with van der Waals surface area (Å²) in [5, 5.41) is 3.17. The van der Waals surface area contributed by atoms with Crippen molar-refractivity contribution < 1.29 is 4.79 Å². The van der Waals surface area contributed by atoms with E-state index in [-0.39, 0.29) is 17.9 Å². The molecule has 2 aliphatic rings. The number of carbonyl (C=O) groups is 1. The summed E-state index contributed by atoms with van der Waals surface area (Å²) in [5.41, 5.74) is 6.15. The highest BCUT2D eigenvalue weighted by molar-refractivity contribution is 5.79. The van der Waals surface area contributed by atoms with Gasteiger partial charge in [0.1, 0.15) is 0 Å². The van der Waals surface area contributed by atoms with E-state index in [1.807, 2.05) is 0 Å². The van der Waals surface area contributed by atoms with Gasteiger partial charge in [-0.3, -0.25) is 4.79 Å². The quantitative estimate of drug-likeness (QED) is 0.814. The minimum atomic E-state index is 0.107. The van der Waals surface area contributed by atoms with Gasteiger partial charge in [0.2, 0.25) is 5.91 Å². The van der Waals surface area contributed by atoms with Gasteiger partial charge in [-0.2, -0.15) is 0 Å². The molecule has 1 amide bonds. The summed E-state index contributed by atoms with van der Waals surface area (Å²) in [6.45, 7) is 11.0. The van der Waals surface area contributed by atoms with Crippen LogP contribution in [-0.4, -0.2) is 43.0 Å². The molecule has 0 spiro atoms. The Morgan fingerprint density at radius 2 is 1.90 bits per heavy atom. The van der Waals surface area contributed by atoms with E-state index < -0.39 is 0 Å². The van der Waals surface area contributed by atoms with Gasteiger partial charge in [0.05, 0.1) is 0 Å². The second-order valence-corrected chi connectivity index (χ2v) is 7.55. The molecular formula is C17H33N3O. The average Bonchev–Trinajstić information content (AvgIpc) is 2.93. The fraction of sp³-hybridized carbons (Fsp3) is 0.941. The fourth-order valence-corrected chi connectivity index (χ4v) is 3.93. The normalized spacial score (nSPS) is 35.6. The van der Waals surface area contributed by atoms with Gasteiger partial charge in [-0.15, -0.1) is 0 Å². The number of likely N-dealkylation sites (tertiary alicyclic amines) is 1. The van der Waals surface area contributed by atoms with Crippen molar-refractivity contribution >= 4 is 5.91 Å². The van der Waals surface area contributed by atoms with E-state index in [1.165, 1.54) is 25.9 Å². The molecule has 122 valence electrons. The Hall–Kier alpha value is -0.610. The van der Waals surface area contributed by atoms with Crippen molar-refractivity contribution in [1.29, 1.82) is 0 Å². The number of carbonyl (C=O) groups excluding carboxylic acids is 1. The van der Waals surface area contributed by atoms with Gasteiger partial charge in [0.25, 0.3) is 0 Å². The standard InChI is InChI=1S/C17H33N3O/c1-12(11-20-6-4-5-7-20)10-19-17(21)15-9-16(18)14(3)8-13(15)2/h12-16H,4-11,18H2,1-3H3,(H,19,21). The van der Waals surface area contributed by atoms with Crippen LogP contribution in [0, 0.1) is 23.7 Å². The van der Waals surface area contributed by atoms with Crippen LogP contribution >= 0.6 is 0 Å². The highest BCUT2D eigenvalue weighted by atomic mass is 16.1. The van der Waals surface area contributed by atoms with Crippen molar-refractivity contribution in [1.82, 2.24) is 10.2 Å². The molecule has 1 saturated carbocycles. The zero-order valence-electron chi connectivity index (χ0n) is 14.0. The molecule has 5 atom stereocenters. The van der Waals surface area contributed by atoms with Crippen LogP contribution in [0.25, 0.3) is 0 Å². The molecule has 0 aromatic carbocycles. The zero-order valence-corrected chi connectivity index (χ0v) is 14.0. The van der Waals surface area contributed by atoms with Gasteiger partial charge in [-0.25, -0.2) is 0 Å².